The summed E-state index contributed by atoms with van der Waals surface area (Å²) in [5, 5.41) is 3.81. The van der Waals surface area contributed by atoms with E-state index in [-0.39, 0.29) is 17.9 Å². The first-order chi connectivity index (χ1) is 14.6. The number of aromatic nitrogens is 1. The van der Waals surface area contributed by atoms with Crippen LogP contribution in [0.5, 0.6) is 0 Å². The van der Waals surface area contributed by atoms with Gasteiger partial charge in [-0.1, -0.05) is 48.5 Å². The molecule has 0 spiro atoms. The molecule has 2 amide bonds. The molecule has 2 heterocycles. The van der Waals surface area contributed by atoms with Gasteiger partial charge in [-0.15, -0.1) is 11.3 Å². The molecule has 154 valence electrons. The third-order valence-electron chi connectivity index (χ3n) is 5.34. The Bertz CT molecular complexity index is 1020. The zero-order valence-corrected chi connectivity index (χ0v) is 17.8. The molecule has 0 saturated carbocycles. The SMILES string of the molecule is Cc1nc(C(=O)N2CCCCC2CC(=O)Nc2ccccc2)c(-c2ccccc2)s1. The molecule has 1 aliphatic rings. The number of thiazole rings is 1. The summed E-state index contributed by atoms with van der Waals surface area (Å²) in [6.07, 6.45) is 3.10. The quantitative estimate of drug-likeness (QED) is 0.623. The molecule has 5 nitrogen and oxygen atoms in total. The number of carbonyl (C=O) groups excluding carboxylic acids is 2. The minimum atomic E-state index is -0.111. The van der Waals surface area contributed by atoms with E-state index < -0.39 is 0 Å². The number of benzene rings is 2. The van der Waals surface area contributed by atoms with E-state index in [0.717, 1.165) is 40.4 Å². The Hall–Kier alpha value is -2.99. The van der Waals surface area contributed by atoms with Gasteiger partial charge in [0.25, 0.3) is 5.91 Å². The molecule has 1 fully saturated rings. The fraction of sp³-hybridized carbons (Fsp3) is 0.292. The van der Waals surface area contributed by atoms with Gasteiger partial charge in [-0.2, -0.15) is 0 Å². The number of nitrogens with zero attached hydrogens (tertiary/aromatic N) is 2. The van der Waals surface area contributed by atoms with Crippen molar-refractivity contribution in [2.24, 2.45) is 0 Å². The predicted molar refractivity (Wildman–Crippen MR) is 121 cm³/mol. The molecule has 0 aliphatic carbocycles. The Balaban J connectivity index is 1.53. The number of nitrogens with one attached hydrogen (secondary N) is 1. The monoisotopic (exact) mass is 419 g/mol. The number of likely N-dealkylation sites (tertiary alicyclic amines) is 1. The van der Waals surface area contributed by atoms with Crippen LogP contribution in [0, 0.1) is 6.92 Å². The van der Waals surface area contributed by atoms with Crippen LogP contribution in [0.15, 0.2) is 60.7 Å². The van der Waals surface area contributed by atoms with Crippen molar-refractivity contribution in [3.63, 3.8) is 0 Å². The highest BCUT2D eigenvalue weighted by Gasteiger charge is 2.32. The summed E-state index contributed by atoms with van der Waals surface area (Å²) in [5.41, 5.74) is 2.28. The molecule has 1 atom stereocenters. The van der Waals surface area contributed by atoms with Crippen LogP contribution in [-0.2, 0) is 4.79 Å². The highest BCUT2D eigenvalue weighted by atomic mass is 32.1. The van der Waals surface area contributed by atoms with E-state index in [1.54, 1.807) is 0 Å². The maximum Gasteiger partial charge on any atom is 0.274 e. The van der Waals surface area contributed by atoms with Crippen LogP contribution < -0.4 is 5.32 Å². The van der Waals surface area contributed by atoms with Gasteiger partial charge in [-0.25, -0.2) is 4.98 Å². The Kier molecular flexibility index (Phi) is 6.23. The number of anilines is 1. The summed E-state index contributed by atoms with van der Waals surface area (Å²) in [5.74, 6) is -0.140. The number of aryl methyl sites for hydroxylation is 1. The lowest BCUT2D eigenvalue weighted by Gasteiger charge is -2.35. The molecule has 1 aliphatic heterocycles. The maximum atomic E-state index is 13.5. The maximum absolute atomic E-state index is 13.5. The topological polar surface area (TPSA) is 62.3 Å². The molecule has 1 N–H and O–H groups in total. The van der Waals surface area contributed by atoms with Crippen molar-refractivity contribution in [2.45, 2.75) is 38.6 Å². The van der Waals surface area contributed by atoms with Crippen molar-refractivity contribution in [1.82, 2.24) is 9.88 Å². The second-order valence-corrected chi connectivity index (χ2v) is 8.75. The van der Waals surface area contributed by atoms with Crippen molar-refractivity contribution in [3.8, 4) is 10.4 Å². The van der Waals surface area contributed by atoms with Gasteiger partial charge in [-0.05, 0) is 43.9 Å². The van der Waals surface area contributed by atoms with E-state index in [2.05, 4.69) is 10.3 Å². The van der Waals surface area contributed by atoms with Gasteiger partial charge in [0.05, 0.1) is 9.88 Å². The van der Waals surface area contributed by atoms with E-state index in [9.17, 15) is 9.59 Å². The summed E-state index contributed by atoms with van der Waals surface area (Å²) < 4.78 is 0. The van der Waals surface area contributed by atoms with Gasteiger partial charge < -0.3 is 10.2 Å². The molecule has 6 heteroatoms. The Morgan fingerprint density at radius 3 is 2.50 bits per heavy atom. The fourth-order valence-corrected chi connectivity index (χ4v) is 4.84. The summed E-state index contributed by atoms with van der Waals surface area (Å²) in [7, 11) is 0. The zero-order valence-electron chi connectivity index (χ0n) is 17.0. The third-order valence-corrected chi connectivity index (χ3v) is 6.36. The van der Waals surface area contributed by atoms with Crippen molar-refractivity contribution >= 4 is 28.8 Å². The van der Waals surface area contributed by atoms with Crippen LogP contribution in [0.4, 0.5) is 5.69 Å². The number of hydrogen-bond donors (Lipinski definition) is 1. The van der Waals surface area contributed by atoms with Crippen LogP contribution in [0.25, 0.3) is 10.4 Å². The lowest BCUT2D eigenvalue weighted by atomic mass is 9.98. The molecular formula is C24H25N3O2S. The van der Waals surface area contributed by atoms with Gasteiger partial charge in [0.2, 0.25) is 5.91 Å². The highest BCUT2D eigenvalue weighted by molar-refractivity contribution is 7.15. The summed E-state index contributed by atoms with van der Waals surface area (Å²) >= 11 is 1.54. The van der Waals surface area contributed by atoms with E-state index in [1.165, 1.54) is 11.3 Å². The molecule has 2 aromatic carbocycles. The van der Waals surface area contributed by atoms with Crippen molar-refractivity contribution in [3.05, 3.63) is 71.4 Å². The lowest BCUT2D eigenvalue weighted by Crippen LogP contribution is -2.45. The van der Waals surface area contributed by atoms with Crippen molar-refractivity contribution < 1.29 is 9.59 Å². The molecule has 30 heavy (non-hydrogen) atoms. The van der Waals surface area contributed by atoms with E-state index >= 15 is 0 Å². The number of rotatable bonds is 5. The number of amides is 2. The van der Waals surface area contributed by atoms with E-state index in [4.69, 9.17) is 0 Å². The molecular weight excluding hydrogens is 394 g/mol. The smallest absolute Gasteiger partial charge is 0.274 e. The fourth-order valence-electron chi connectivity index (χ4n) is 3.92. The number of piperidine rings is 1. The van der Waals surface area contributed by atoms with Gasteiger partial charge in [0.15, 0.2) is 0 Å². The van der Waals surface area contributed by atoms with Crippen molar-refractivity contribution in [1.29, 1.82) is 0 Å². The number of hydrogen-bond acceptors (Lipinski definition) is 4. The van der Waals surface area contributed by atoms with Gasteiger partial charge in [0.1, 0.15) is 5.69 Å². The standard InChI is InChI=1S/C24H25N3O2S/c1-17-25-22(23(30-17)18-10-4-2-5-11-18)24(29)27-15-9-8-14-20(27)16-21(28)26-19-12-6-3-7-13-19/h2-7,10-13,20H,8-9,14-16H2,1H3,(H,26,28). The largest absolute Gasteiger partial charge is 0.334 e. The third kappa shape index (κ3) is 4.60. The first kappa shape index (κ1) is 20.3. The van der Waals surface area contributed by atoms with Crippen LogP contribution in [0.3, 0.4) is 0 Å². The van der Waals surface area contributed by atoms with Gasteiger partial charge >= 0.3 is 0 Å². The second-order valence-electron chi connectivity index (χ2n) is 7.54. The minimum absolute atomic E-state index is 0.0661. The van der Waals surface area contributed by atoms with Crippen LogP contribution in [0.2, 0.25) is 0 Å². The molecule has 1 saturated heterocycles. The Labute approximate surface area is 180 Å². The summed E-state index contributed by atoms with van der Waals surface area (Å²) in [4.78, 5) is 33.4. The van der Waals surface area contributed by atoms with Crippen LogP contribution in [0.1, 0.15) is 41.2 Å². The van der Waals surface area contributed by atoms with Crippen LogP contribution >= 0.6 is 11.3 Å². The Morgan fingerprint density at radius 2 is 1.77 bits per heavy atom. The first-order valence-electron chi connectivity index (χ1n) is 10.3. The highest BCUT2D eigenvalue weighted by Crippen LogP contribution is 2.32. The second kappa shape index (κ2) is 9.22. The van der Waals surface area contributed by atoms with Gasteiger partial charge in [-0.3, -0.25) is 9.59 Å². The Morgan fingerprint density at radius 1 is 1.07 bits per heavy atom. The summed E-state index contributed by atoms with van der Waals surface area (Å²) in [6.45, 7) is 2.59. The minimum Gasteiger partial charge on any atom is -0.334 e. The lowest BCUT2D eigenvalue weighted by molar-refractivity contribution is -0.117. The molecule has 4 rings (SSSR count). The molecule has 0 radical (unpaired) electrons. The average Bonchev–Trinajstić information content (AvgIpc) is 3.16. The molecule has 1 unspecified atom stereocenters. The molecule has 0 bridgehead atoms. The predicted octanol–water partition coefficient (Wildman–Crippen LogP) is 5.14. The normalized spacial score (nSPS) is 16.3. The number of carbonyl (C=O) groups is 2. The van der Waals surface area contributed by atoms with Gasteiger partial charge in [0, 0.05) is 24.7 Å². The number of para-hydroxylation sites is 1. The average molecular weight is 420 g/mol. The van der Waals surface area contributed by atoms with Crippen LogP contribution in [-0.4, -0.2) is 34.3 Å². The molecule has 1 aromatic heterocycles. The van der Waals surface area contributed by atoms with E-state index in [1.807, 2.05) is 72.5 Å². The van der Waals surface area contributed by atoms with E-state index in [0.29, 0.717) is 18.7 Å². The first-order valence-corrected chi connectivity index (χ1v) is 11.1. The summed E-state index contributed by atoms with van der Waals surface area (Å²) in [6, 6.07) is 19.2. The molecule has 3 aromatic rings. The zero-order chi connectivity index (χ0) is 20.9. The van der Waals surface area contributed by atoms with Crippen molar-refractivity contribution in [2.75, 3.05) is 11.9 Å².